The Morgan fingerprint density at radius 2 is 2.04 bits per heavy atom. The van der Waals surface area contributed by atoms with E-state index in [-0.39, 0.29) is 11.3 Å². The topological polar surface area (TPSA) is 52.0 Å². The number of hydrogen-bond donors (Lipinski definition) is 0. The maximum Gasteiger partial charge on any atom is 0.255 e. The summed E-state index contributed by atoms with van der Waals surface area (Å²) >= 11 is 0. The minimum atomic E-state index is -0.0749. The highest BCUT2D eigenvalue weighted by Gasteiger charge is 2.27. The predicted molar refractivity (Wildman–Crippen MR) is 99.2 cm³/mol. The van der Waals surface area contributed by atoms with Crippen LogP contribution in [0.2, 0.25) is 0 Å². The number of rotatable bonds is 3. The molecule has 0 saturated carbocycles. The highest BCUT2D eigenvalue weighted by atomic mass is 16.1. The van der Waals surface area contributed by atoms with E-state index in [0.29, 0.717) is 17.7 Å². The molecule has 4 rings (SSSR count). The largest absolute Gasteiger partial charge is 0.302 e. The molecule has 0 atom stereocenters. The summed E-state index contributed by atoms with van der Waals surface area (Å²) in [6.45, 7) is 5.99. The number of nitrogens with zero attached hydrogens (tertiary/aromatic N) is 2. The monoisotopic (exact) mass is 334 g/mol. The van der Waals surface area contributed by atoms with Crippen LogP contribution in [0.25, 0.3) is 23.5 Å². The van der Waals surface area contributed by atoms with Crippen molar-refractivity contribution in [1.82, 2.24) is 9.55 Å². The molecule has 128 valence electrons. The van der Waals surface area contributed by atoms with Gasteiger partial charge in [-0.05, 0) is 50.0 Å². The lowest BCUT2D eigenvalue weighted by molar-refractivity contribution is 0.101. The van der Waals surface area contributed by atoms with E-state index in [1.54, 1.807) is 11.5 Å². The Balaban J connectivity index is 2.08. The van der Waals surface area contributed by atoms with Crippen molar-refractivity contribution >= 4 is 17.9 Å². The summed E-state index contributed by atoms with van der Waals surface area (Å²) in [5, 5.41) is 2.27. The molecular formula is C21H22N2O2. The van der Waals surface area contributed by atoms with Crippen LogP contribution < -0.4 is 16.1 Å². The number of hydrogen-bond acceptors (Lipinski definition) is 3. The van der Waals surface area contributed by atoms with Crippen molar-refractivity contribution in [3.05, 3.63) is 49.2 Å². The molecular weight excluding hydrogens is 312 g/mol. The lowest BCUT2D eigenvalue weighted by Gasteiger charge is -2.11. The van der Waals surface area contributed by atoms with Gasteiger partial charge in [-0.3, -0.25) is 9.59 Å². The van der Waals surface area contributed by atoms with Crippen LogP contribution in [0.1, 0.15) is 60.2 Å². The fourth-order valence-electron chi connectivity index (χ4n) is 4.08. The van der Waals surface area contributed by atoms with Crippen molar-refractivity contribution in [1.29, 1.82) is 0 Å². The zero-order valence-electron chi connectivity index (χ0n) is 15.0. The van der Waals surface area contributed by atoms with E-state index in [9.17, 15) is 9.59 Å². The van der Waals surface area contributed by atoms with Crippen molar-refractivity contribution in [3.63, 3.8) is 0 Å². The van der Waals surface area contributed by atoms with Crippen molar-refractivity contribution in [2.75, 3.05) is 0 Å². The Morgan fingerprint density at radius 3 is 2.76 bits per heavy atom. The molecule has 25 heavy (non-hydrogen) atoms. The van der Waals surface area contributed by atoms with Crippen LogP contribution in [0.4, 0.5) is 0 Å². The Kier molecular flexibility index (Phi) is 3.71. The van der Waals surface area contributed by atoms with Gasteiger partial charge in [0.15, 0.2) is 5.78 Å². The summed E-state index contributed by atoms with van der Waals surface area (Å²) in [5.41, 5.74) is 5.12. The smallest absolute Gasteiger partial charge is 0.255 e. The van der Waals surface area contributed by atoms with Crippen LogP contribution in [-0.4, -0.2) is 15.3 Å². The van der Waals surface area contributed by atoms with Gasteiger partial charge in [0.05, 0.1) is 23.3 Å². The highest BCUT2D eigenvalue weighted by Crippen LogP contribution is 2.31. The van der Waals surface area contributed by atoms with Crippen molar-refractivity contribution in [2.45, 2.75) is 53.0 Å². The van der Waals surface area contributed by atoms with E-state index in [4.69, 9.17) is 4.98 Å². The molecule has 3 heterocycles. The van der Waals surface area contributed by atoms with Gasteiger partial charge in [0, 0.05) is 16.7 Å². The lowest BCUT2D eigenvalue weighted by Crippen LogP contribution is -2.35. The van der Waals surface area contributed by atoms with E-state index >= 15 is 0 Å². The number of ketones is 1. The van der Waals surface area contributed by atoms with Crippen LogP contribution in [0.5, 0.6) is 0 Å². The Labute approximate surface area is 146 Å². The maximum absolute atomic E-state index is 12.8. The van der Waals surface area contributed by atoms with Crippen LogP contribution >= 0.6 is 0 Å². The quantitative estimate of drug-likeness (QED) is 0.689. The first-order chi connectivity index (χ1) is 12.0. The van der Waals surface area contributed by atoms with Gasteiger partial charge in [0.25, 0.3) is 5.56 Å². The van der Waals surface area contributed by atoms with Gasteiger partial charge in [-0.2, -0.15) is 0 Å². The molecule has 0 N–H and O–H groups in total. The molecule has 1 aliphatic heterocycles. The maximum atomic E-state index is 12.8. The average Bonchev–Trinajstić information content (AvgIpc) is 2.96. The zero-order chi connectivity index (χ0) is 17.7. The summed E-state index contributed by atoms with van der Waals surface area (Å²) in [5.74, 6) is -0.0712. The molecule has 0 amide bonds. The van der Waals surface area contributed by atoms with Crippen molar-refractivity contribution < 1.29 is 4.79 Å². The summed E-state index contributed by atoms with van der Waals surface area (Å²) in [6.07, 6.45) is 8.56. The fraction of sp³-hybridized carbons (Fsp3) is 0.381. The second-order valence-corrected chi connectivity index (χ2v) is 6.97. The minimum Gasteiger partial charge on any atom is -0.302 e. The summed E-state index contributed by atoms with van der Waals surface area (Å²) in [7, 11) is 0. The molecule has 1 aliphatic carbocycles. The van der Waals surface area contributed by atoms with Crippen LogP contribution in [-0.2, 0) is 13.0 Å². The van der Waals surface area contributed by atoms with Crippen molar-refractivity contribution in [3.8, 4) is 11.4 Å². The van der Waals surface area contributed by atoms with Crippen LogP contribution in [0, 0.1) is 6.92 Å². The molecule has 2 aliphatic rings. The van der Waals surface area contributed by atoms with E-state index in [1.807, 2.05) is 6.07 Å². The average molecular weight is 334 g/mol. The number of carbonyl (C=O) groups is 1. The number of fused-ring (bicyclic) bond motifs is 4. The van der Waals surface area contributed by atoms with Crippen molar-refractivity contribution in [2.24, 2.45) is 0 Å². The van der Waals surface area contributed by atoms with Gasteiger partial charge in [-0.25, -0.2) is 4.98 Å². The molecule has 4 nitrogen and oxygen atoms in total. The van der Waals surface area contributed by atoms with Gasteiger partial charge in [0.1, 0.15) is 0 Å². The summed E-state index contributed by atoms with van der Waals surface area (Å²) < 4.78 is 1.78. The number of pyridine rings is 2. The molecule has 2 aromatic rings. The standard InChI is InChI=1S/C21H22N2O2/c1-4-7-14-15-8-5-6-9-18(15)22-20-17(14)11-23-19(20)10-16(13(3)24)12(2)21(23)25/h8-10H,4-7,11H2,1-3H3. The lowest BCUT2D eigenvalue weighted by atomic mass is 9.96. The third-order valence-corrected chi connectivity index (χ3v) is 5.32. The van der Waals surface area contributed by atoms with Gasteiger partial charge in [-0.15, -0.1) is 0 Å². The molecule has 4 heteroatoms. The Bertz CT molecular complexity index is 1090. The number of carbonyl (C=O) groups excluding carboxylic acids is 1. The third-order valence-electron chi connectivity index (χ3n) is 5.32. The van der Waals surface area contributed by atoms with Gasteiger partial charge in [-0.1, -0.05) is 25.5 Å². The van der Waals surface area contributed by atoms with E-state index < -0.39 is 0 Å². The zero-order valence-corrected chi connectivity index (χ0v) is 15.0. The van der Waals surface area contributed by atoms with E-state index in [2.05, 4.69) is 19.1 Å². The first-order valence-electron chi connectivity index (χ1n) is 9.00. The van der Waals surface area contributed by atoms with Gasteiger partial charge >= 0.3 is 0 Å². The minimum absolute atomic E-state index is 0.0712. The van der Waals surface area contributed by atoms with Crippen LogP contribution in [0.15, 0.2) is 10.9 Å². The third kappa shape index (κ3) is 2.31. The molecule has 0 radical (unpaired) electrons. The first-order valence-corrected chi connectivity index (χ1v) is 9.00. The van der Waals surface area contributed by atoms with Gasteiger partial charge in [0.2, 0.25) is 0 Å². The summed E-state index contributed by atoms with van der Waals surface area (Å²) in [6, 6.07) is 1.85. The first kappa shape index (κ1) is 16.0. The van der Waals surface area contributed by atoms with E-state index in [0.717, 1.165) is 48.0 Å². The summed E-state index contributed by atoms with van der Waals surface area (Å²) in [4.78, 5) is 29.7. The predicted octanol–water partition coefficient (Wildman–Crippen LogP) is 2.09. The molecule has 0 aromatic carbocycles. The number of Topliss-reactive ketones (excluding diaryl/α,β-unsaturated/α-hetero) is 1. The van der Waals surface area contributed by atoms with E-state index in [1.165, 1.54) is 17.7 Å². The molecule has 2 aromatic heterocycles. The molecule has 0 unspecified atom stereocenters. The second-order valence-electron chi connectivity index (χ2n) is 6.97. The molecule has 0 saturated heterocycles. The second kappa shape index (κ2) is 5.80. The number of aromatic nitrogens is 2. The molecule has 0 bridgehead atoms. The Hall–Kier alpha value is -2.49. The van der Waals surface area contributed by atoms with Crippen LogP contribution in [0.3, 0.4) is 0 Å². The molecule has 0 spiro atoms. The van der Waals surface area contributed by atoms with Gasteiger partial charge < -0.3 is 4.57 Å². The normalized spacial score (nSPS) is 14.2. The SMILES string of the molecule is CCCc1c2c(nc3c1=CCCC=3)-c1cc(C(C)=O)c(C)c(=O)n1C2. The highest BCUT2D eigenvalue weighted by molar-refractivity contribution is 5.96. The fourth-order valence-corrected chi connectivity index (χ4v) is 4.08. The Morgan fingerprint density at radius 1 is 1.28 bits per heavy atom. The molecule has 0 fully saturated rings.